The molecule has 3 rings (SSSR count). The molecule has 3 N–H and O–H groups in total. The molecule has 0 bridgehead atoms. The summed E-state index contributed by atoms with van der Waals surface area (Å²) in [5.41, 5.74) is 6.52. The summed E-state index contributed by atoms with van der Waals surface area (Å²) in [6, 6.07) is 5.60. The maximum absolute atomic E-state index is 12.8. The van der Waals surface area contributed by atoms with Gasteiger partial charge in [0.15, 0.2) is 0 Å². The first-order valence-corrected chi connectivity index (χ1v) is 11.7. The fraction of sp³-hybridized carbons (Fsp3) is 0.579. The zero-order valence-electron chi connectivity index (χ0n) is 16.3. The fourth-order valence-corrected chi connectivity index (χ4v) is 5.87. The minimum atomic E-state index is -0.431. The molecule has 1 radical (unpaired) electrons. The molecular weight excluding hydrogens is 500 g/mol. The van der Waals surface area contributed by atoms with Gasteiger partial charge in [0.25, 0.3) is 0 Å². The normalized spacial score (nSPS) is 22.2. The number of nitrogens with one attached hydrogen (secondary N) is 1. The predicted molar refractivity (Wildman–Crippen MR) is 121 cm³/mol. The molecule has 2 fully saturated rings. The Morgan fingerprint density at radius 1 is 1.31 bits per heavy atom. The summed E-state index contributed by atoms with van der Waals surface area (Å²) >= 11 is 5.78. The molecule has 2 heterocycles. The maximum atomic E-state index is 12.8. The number of benzene rings is 1. The number of nitrogens with zero attached hydrogens (tertiary/aromatic N) is 1. The minimum absolute atomic E-state index is 0. The number of aryl methyl sites for hydroxylation is 1. The third-order valence-electron chi connectivity index (χ3n) is 5.04. The van der Waals surface area contributed by atoms with Gasteiger partial charge in [-0.2, -0.15) is 0 Å². The standard InChI is InChI=1S/C19H26AsClN3O3.2ClH/c1-12-2-3-15(21)17(8-12)27-14-4-6-24(7-5-14)19(26)16-9-13(11-23-16)20-18(25)10-22;;/h2-3,8,13-14,16,23H,4-7,9-11,22H2,1H3;2*1H/t13?,16-;;/m0../s1. The van der Waals surface area contributed by atoms with Gasteiger partial charge in [0, 0.05) is 0 Å². The van der Waals surface area contributed by atoms with Gasteiger partial charge in [0.2, 0.25) is 0 Å². The molecule has 29 heavy (non-hydrogen) atoms. The molecule has 2 atom stereocenters. The van der Waals surface area contributed by atoms with Crippen LogP contribution in [0.25, 0.3) is 0 Å². The number of halogens is 3. The summed E-state index contributed by atoms with van der Waals surface area (Å²) in [5.74, 6) is 0.862. The van der Waals surface area contributed by atoms with Crippen molar-refractivity contribution in [2.24, 2.45) is 5.73 Å². The molecule has 1 amide bonds. The van der Waals surface area contributed by atoms with Crippen LogP contribution in [0.15, 0.2) is 18.2 Å². The SMILES string of the molecule is Cc1ccc(Cl)c(OC2CCN(C(=O)[C@@H]3CC([As]C(=O)CN)CN3)CC2)c1.Cl.Cl. The smallest absolute Gasteiger partial charge is 0.147 e. The summed E-state index contributed by atoms with van der Waals surface area (Å²) in [4.78, 5) is 26.2. The Morgan fingerprint density at radius 3 is 2.66 bits per heavy atom. The summed E-state index contributed by atoms with van der Waals surface area (Å²) in [5, 5.41) is 3.91. The minimum Gasteiger partial charge on any atom is -0.147 e. The Balaban J connectivity index is 0.00000210. The Hall–Kier alpha value is -0.492. The molecule has 0 spiro atoms. The van der Waals surface area contributed by atoms with Crippen LogP contribution < -0.4 is 15.8 Å². The van der Waals surface area contributed by atoms with Crippen LogP contribution in [0.4, 0.5) is 0 Å². The van der Waals surface area contributed by atoms with Gasteiger partial charge in [-0.15, -0.1) is 24.8 Å². The number of ether oxygens (including phenoxy) is 1. The summed E-state index contributed by atoms with van der Waals surface area (Å²) in [7, 11) is 0. The van der Waals surface area contributed by atoms with E-state index in [-0.39, 0.29) is 54.0 Å². The van der Waals surface area contributed by atoms with Crippen LogP contribution in [0.2, 0.25) is 9.73 Å². The third-order valence-corrected chi connectivity index (χ3v) is 7.93. The molecule has 0 saturated carbocycles. The predicted octanol–water partition coefficient (Wildman–Crippen LogP) is 2.20. The van der Waals surface area contributed by atoms with E-state index in [4.69, 9.17) is 22.1 Å². The molecule has 2 aliphatic rings. The largest absolute Gasteiger partial charge is 0.147 e. The number of likely N-dealkylation sites (tertiary alicyclic amines) is 1. The maximum Gasteiger partial charge on any atom is -0.147 e. The van der Waals surface area contributed by atoms with Crippen molar-refractivity contribution in [2.75, 3.05) is 26.2 Å². The Kier molecular flexibility index (Phi) is 11.3. The zero-order valence-corrected chi connectivity index (χ0v) is 20.6. The zero-order chi connectivity index (χ0) is 19.4. The molecule has 1 aromatic rings. The second-order valence-corrected chi connectivity index (χ2v) is 10.7. The monoisotopic (exact) mass is 526 g/mol. The number of nitrogens with two attached hydrogens (primary N) is 1. The average molecular weight is 528 g/mol. The Morgan fingerprint density at radius 2 is 2.00 bits per heavy atom. The van der Waals surface area contributed by atoms with Crippen LogP contribution in [0.5, 0.6) is 5.75 Å². The molecule has 0 aromatic heterocycles. The van der Waals surface area contributed by atoms with Gasteiger partial charge in [0.1, 0.15) is 0 Å². The van der Waals surface area contributed by atoms with Gasteiger partial charge in [-0.1, -0.05) is 6.07 Å². The van der Waals surface area contributed by atoms with E-state index in [1.54, 1.807) is 0 Å². The van der Waals surface area contributed by atoms with Crippen molar-refractivity contribution >= 4 is 62.6 Å². The molecule has 2 aliphatic heterocycles. The van der Waals surface area contributed by atoms with Crippen LogP contribution in [0, 0.1) is 6.92 Å². The van der Waals surface area contributed by atoms with E-state index >= 15 is 0 Å². The first-order chi connectivity index (χ1) is 13.0. The van der Waals surface area contributed by atoms with E-state index in [2.05, 4.69) is 5.32 Å². The second kappa shape index (κ2) is 12.4. The van der Waals surface area contributed by atoms with Crippen molar-refractivity contribution in [3.05, 3.63) is 28.8 Å². The van der Waals surface area contributed by atoms with Crippen molar-refractivity contribution in [3.63, 3.8) is 0 Å². The van der Waals surface area contributed by atoms with E-state index < -0.39 is 15.8 Å². The molecule has 2 saturated heterocycles. The van der Waals surface area contributed by atoms with Gasteiger partial charge in [0.05, 0.1) is 0 Å². The van der Waals surface area contributed by atoms with E-state index in [0.29, 0.717) is 22.8 Å². The van der Waals surface area contributed by atoms with E-state index in [0.717, 1.165) is 37.1 Å². The van der Waals surface area contributed by atoms with Crippen LogP contribution in [0.1, 0.15) is 24.8 Å². The molecule has 6 nitrogen and oxygen atoms in total. The van der Waals surface area contributed by atoms with E-state index in [1.807, 2.05) is 30.0 Å². The van der Waals surface area contributed by atoms with Crippen LogP contribution in [-0.4, -0.2) is 69.5 Å². The number of rotatable bonds is 6. The third kappa shape index (κ3) is 7.30. The Labute approximate surface area is 196 Å². The van der Waals surface area contributed by atoms with Gasteiger partial charge in [-0.05, 0) is 6.92 Å². The van der Waals surface area contributed by atoms with Crippen molar-refractivity contribution in [3.8, 4) is 5.75 Å². The summed E-state index contributed by atoms with van der Waals surface area (Å²) < 4.78 is 6.52. The van der Waals surface area contributed by atoms with Crippen LogP contribution in [-0.2, 0) is 9.59 Å². The van der Waals surface area contributed by atoms with Gasteiger partial charge in [-0.25, -0.2) is 0 Å². The van der Waals surface area contributed by atoms with Gasteiger partial charge >= 0.3 is 159 Å². The molecular formula is C19H28AsCl3N3O3. The average Bonchev–Trinajstić information content (AvgIpc) is 3.13. The van der Waals surface area contributed by atoms with Gasteiger partial charge < -0.3 is 0 Å². The number of carbonyl (C=O) groups excluding carboxylic acids is 2. The van der Waals surface area contributed by atoms with Gasteiger partial charge in [-0.3, -0.25) is 0 Å². The Bertz CT molecular complexity index is 703. The summed E-state index contributed by atoms with van der Waals surface area (Å²) in [6.45, 7) is 4.24. The number of piperidine rings is 1. The molecule has 1 aromatic carbocycles. The number of carbonyl (C=O) groups is 2. The first-order valence-electron chi connectivity index (χ1n) is 9.35. The quantitative estimate of drug-likeness (QED) is 0.554. The molecule has 163 valence electrons. The topological polar surface area (TPSA) is 84.7 Å². The second-order valence-electron chi connectivity index (χ2n) is 7.15. The van der Waals surface area contributed by atoms with Crippen LogP contribution in [0.3, 0.4) is 0 Å². The van der Waals surface area contributed by atoms with Crippen molar-refractivity contribution in [1.29, 1.82) is 0 Å². The van der Waals surface area contributed by atoms with E-state index in [1.165, 1.54) is 0 Å². The summed E-state index contributed by atoms with van der Waals surface area (Å²) in [6.07, 6.45) is 2.41. The molecule has 1 unspecified atom stereocenters. The molecule has 0 aliphatic carbocycles. The van der Waals surface area contributed by atoms with Crippen molar-refractivity contribution in [2.45, 2.75) is 43.0 Å². The van der Waals surface area contributed by atoms with Crippen molar-refractivity contribution in [1.82, 2.24) is 10.2 Å². The first kappa shape index (κ1) is 26.5. The van der Waals surface area contributed by atoms with Crippen molar-refractivity contribution < 1.29 is 14.3 Å². The molecule has 10 heteroatoms. The number of hydrogen-bond acceptors (Lipinski definition) is 5. The fourth-order valence-electron chi connectivity index (χ4n) is 3.55. The van der Waals surface area contributed by atoms with Crippen LogP contribution >= 0.6 is 36.4 Å². The van der Waals surface area contributed by atoms with E-state index in [9.17, 15) is 9.59 Å². The number of hydrogen-bond donors (Lipinski definition) is 2. The number of amides is 1.